The van der Waals surface area contributed by atoms with Crippen molar-refractivity contribution in [1.82, 2.24) is 4.98 Å². The number of benzene rings is 3. The van der Waals surface area contributed by atoms with Gasteiger partial charge in [0.25, 0.3) is 5.91 Å². The molecule has 0 saturated carbocycles. The molecule has 0 N–H and O–H groups in total. The lowest BCUT2D eigenvalue weighted by Crippen LogP contribution is -2.41. The van der Waals surface area contributed by atoms with Gasteiger partial charge in [-0.1, -0.05) is 60.7 Å². The van der Waals surface area contributed by atoms with Gasteiger partial charge < -0.3 is 9.15 Å². The summed E-state index contributed by atoms with van der Waals surface area (Å²) >= 11 is 0. The molecule has 0 spiro atoms. The highest BCUT2D eigenvalue weighted by Crippen LogP contribution is 2.38. The molecule has 2 amide bonds. The van der Waals surface area contributed by atoms with Crippen LogP contribution in [0.4, 0.5) is 23.8 Å². The Morgan fingerprint density at radius 3 is 1.92 bits per heavy atom. The van der Waals surface area contributed by atoms with E-state index in [4.69, 9.17) is 9.15 Å². The first-order chi connectivity index (χ1) is 17.5. The maximum atomic E-state index is 13.8. The van der Waals surface area contributed by atoms with Crippen molar-refractivity contribution in [2.45, 2.75) is 32.5 Å². The number of oxazole rings is 1. The molecule has 4 aromatic rings. The molecule has 1 aromatic heterocycles. The van der Waals surface area contributed by atoms with Crippen molar-refractivity contribution in [3.8, 4) is 22.7 Å². The number of amides is 2. The van der Waals surface area contributed by atoms with Gasteiger partial charge in [-0.3, -0.25) is 4.79 Å². The van der Waals surface area contributed by atoms with Gasteiger partial charge >= 0.3 is 12.3 Å². The van der Waals surface area contributed by atoms with Crippen LogP contribution in [0.3, 0.4) is 0 Å². The summed E-state index contributed by atoms with van der Waals surface area (Å²) in [6.07, 6.45) is -6.05. The zero-order valence-corrected chi connectivity index (χ0v) is 20.2. The number of alkyl halides is 3. The van der Waals surface area contributed by atoms with Crippen LogP contribution in [0, 0.1) is 0 Å². The Morgan fingerprint density at radius 1 is 0.811 bits per heavy atom. The van der Waals surface area contributed by atoms with E-state index < -0.39 is 34.9 Å². The molecule has 0 saturated heterocycles. The highest BCUT2D eigenvalue weighted by atomic mass is 19.4. The number of nitrogens with zero attached hydrogens (tertiary/aromatic N) is 2. The smallest absolute Gasteiger partial charge is 0.424 e. The van der Waals surface area contributed by atoms with Gasteiger partial charge in [-0.2, -0.15) is 18.1 Å². The van der Waals surface area contributed by atoms with Crippen LogP contribution in [-0.4, -0.2) is 22.6 Å². The highest BCUT2D eigenvalue weighted by molar-refractivity contribution is 6.20. The Morgan fingerprint density at radius 2 is 1.35 bits per heavy atom. The largest absolute Gasteiger partial charge is 0.443 e. The molecule has 3 aromatic carbocycles. The second kappa shape index (κ2) is 9.93. The Bertz CT molecular complexity index is 1410. The predicted octanol–water partition coefficient (Wildman–Crippen LogP) is 7.61. The monoisotopic (exact) mass is 508 g/mol. The maximum Gasteiger partial charge on any atom is 0.424 e. The standard InChI is InChI=1S/C28H23F3N2O4/c1-27(2,3)37-26(35)33(24(34)20-16-10-11-17-21(20)28(29,30)31)25-22(18-12-6-4-7-13-18)32-23(36-25)19-14-8-5-9-15-19/h4-17H,1-3H3. The van der Waals surface area contributed by atoms with Crippen LogP contribution in [0.1, 0.15) is 36.7 Å². The molecule has 4 rings (SSSR count). The Kier molecular flexibility index (Phi) is 6.89. The summed E-state index contributed by atoms with van der Waals surface area (Å²) in [6, 6.07) is 21.5. The van der Waals surface area contributed by atoms with E-state index in [1.807, 2.05) is 0 Å². The summed E-state index contributed by atoms with van der Waals surface area (Å²) in [7, 11) is 0. The number of rotatable bonds is 4. The first-order valence-corrected chi connectivity index (χ1v) is 11.3. The second-order valence-electron chi connectivity index (χ2n) is 9.07. The highest BCUT2D eigenvalue weighted by Gasteiger charge is 2.41. The summed E-state index contributed by atoms with van der Waals surface area (Å²) in [5, 5.41) is 0. The fourth-order valence-corrected chi connectivity index (χ4v) is 3.55. The first-order valence-electron chi connectivity index (χ1n) is 11.3. The third kappa shape index (κ3) is 5.72. The average molecular weight is 508 g/mol. The molecule has 37 heavy (non-hydrogen) atoms. The van der Waals surface area contributed by atoms with Crippen molar-refractivity contribution in [1.29, 1.82) is 0 Å². The summed E-state index contributed by atoms with van der Waals surface area (Å²) in [4.78, 5) is 32.1. The van der Waals surface area contributed by atoms with Crippen LogP contribution in [-0.2, 0) is 10.9 Å². The summed E-state index contributed by atoms with van der Waals surface area (Å²) < 4.78 is 52.7. The van der Waals surface area contributed by atoms with Crippen molar-refractivity contribution < 1.29 is 31.9 Å². The van der Waals surface area contributed by atoms with E-state index >= 15 is 0 Å². The molecule has 0 fully saturated rings. The fraction of sp³-hybridized carbons (Fsp3) is 0.179. The van der Waals surface area contributed by atoms with Gasteiger partial charge in [-0.25, -0.2) is 9.78 Å². The number of carbonyl (C=O) groups is 2. The van der Waals surface area contributed by atoms with Crippen molar-refractivity contribution in [2.24, 2.45) is 0 Å². The van der Waals surface area contributed by atoms with E-state index in [1.165, 1.54) is 6.07 Å². The maximum absolute atomic E-state index is 13.8. The minimum absolute atomic E-state index is 0.0694. The molecule has 0 bridgehead atoms. The number of carbonyl (C=O) groups excluding carboxylic acids is 2. The van der Waals surface area contributed by atoms with Gasteiger partial charge in [0.05, 0.1) is 11.1 Å². The van der Waals surface area contributed by atoms with Gasteiger partial charge in [0.15, 0.2) is 0 Å². The Hall–Kier alpha value is -4.40. The van der Waals surface area contributed by atoms with E-state index in [2.05, 4.69) is 4.98 Å². The van der Waals surface area contributed by atoms with Gasteiger partial charge in [0.2, 0.25) is 11.8 Å². The van der Waals surface area contributed by atoms with Crippen LogP contribution < -0.4 is 4.90 Å². The second-order valence-corrected chi connectivity index (χ2v) is 9.07. The number of anilines is 1. The molecule has 9 heteroatoms. The number of imide groups is 1. The SMILES string of the molecule is CC(C)(C)OC(=O)N(C(=O)c1ccccc1C(F)(F)F)c1oc(-c2ccccc2)nc1-c1ccccc1. The Labute approximate surface area is 211 Å². The minimum Gasteiger partial charge on any atom is -0.443 e. The van der Waals surface area contributed by atoms with E-state index in [1.54, 1.807) is 81.4 Å². The molecule has 0 radical (unpaired) electrons. The van der Waals surface area contributed by atoms with Crippen LogP contribution in [0.15, 0.2) is 89.3 Å². The molecule has 0 aliphatic heterocycles. The lowest BCUT2D eigenvalue weighted by atomic mass is 10.1. The van der Waals surface area contributed by atoms with E-state index in [0.717, 1.165) is 18.2 Å². The lowest BCUT2D eigenvalue weighted by Gasteiger charge is -2.26. The molecule has 190 valence electrons. The third-order valence-corrected chi connectivity index (χ3v) is 5.12. The molecule has 1 heterocycles. The van der Waals surface area contributed by atoms with Crippen molar-refractivity contribution in [3.05, 3.63) is 96.1 Å². The molecule has 0 aliphatic carbocycles. The third-order valence-electron chi connectivity index (χ3n) is 5.12. The number of aromatic nitrogens is 1. The van der Waals surface area contributed by atoms with Crippen molar-refractivity contribution >= 4 is 17.9 Å². The zero-order chi connectivity index (χ0) is 26.8. The molecular weight excluding hydrogens is 485 g/mol. The Balaban J connectivity index is 1.95. The summed E-state index contributed by atoms with van der Waals surface area (Å²) in [5.74, 6) is -1.56. The fourth-order valence-electron chi connectivity index (χ4n) is 3.55. The first kappa shape index (κ1) is 25.7. The summed E-state index contributed by atoms with van der Waals surface area (Å²) in [5.41, 5.74) is -1.89. The lowest BCUT2D eigenvalue weighted by molar-refractivity contribution is -0.137. The normalized spacial score (nSPS) is 11.7. The van der Waals surface area contributed by atoms with Gasteiger partial charge in [-0.05, 0) is 45.0 Å². The van der Waals surface area contributed by atoms with Crippen LogP contribution in [0.5, 0.6) is 0 Å². The number of hydrogen-bond acceptors (Lipinski definition) is 5. The predicted molar refractivity (Wildman–Crippen MR) is 132 cm³/mol. The number of hydrogen-bond donors (Lipinski definition) is 0. The van der Waals surface area contributed by atoms with Gasteiger partial charge in [-0.15, -0.1) is 0 Å². The van der Waals surface area contributed by atoms with E-state index in [9.17, 15) is 22.8 Å². The van der Waals surface area contributed by atoms with E-state index in [0.29, 0.717) is 16.0 Å². The van der Waals surface area contributed by atoms with Crippen molar-refractivity contribution in [3.63, 3.8) is 0 Å². The van der Waals surface area contributed by atoms with Crippen LogP contribution >= 0.6 is 0 Å². The van der Waals surface area contributed by atoms with Crippen molar-refractivity contribution in [2.75, 3.05) is 4.90 Å². The molecule has 0 aliphatic rings. The molecule has 0 atom stereocenters. The van der Waals surface area contributed by atoms with Gasteiger partial charge in [0, 0.05) is 11.1 Å². The van der Waals surface area contributed by atoms with E-state index in [-0.39, 0.29) is 17.5 Å². The topological polar surface area (TPSA) is 72.6 Å². The molecule has 0 unspecified atom stereocenters. The van der Waals surface area contributed by atoms with Crippen LogP contribution in [0.25, 0.3) is 22.7 Å². The summed E-state index contributed by atoms with van der Waals surface area (Å²) in [6.45, 7) is 4.72. The minimum atomic E-state index is -4.84. The van der Waals surface area contributed by atoms with Gasteiger partial charge in [0.1, 0.15) is 11.3 Å². The molecule has 6 nitrogen and oxygen atoms in total. The van der Waals surface area contributed by atoms with Crippen LogP contribution in [0.2, 0.25) is 0 Å². The number of ether oxygens (including phenoxy) is 1. The zero-order valence-electron chi connectivity index (χ0n) is 20.2. The number of halogens is 3. The average Bonchev–Trinajstić information content (AvgIpc) is 3.28. The molecular formula is C28H23F3N2O4. The quantitative estimate of drug-likeness (QED) is 0.284.